The van der Waals surface area contributed by atoms with Crippen molar-refractivity contribution >= 4 is 5.97 Å². The lowest BCUT2D eigenvalue weighted by atomic mass is 9.79. The number of methoxy groups -OCH3 is 1. The molecule has 0 saturated carbocycles. The van der Waals surface area contributed by atoms with E-state index in [0.717, 1.165) is 12.5 Å². The highest BCUT2D eigenvalue weighted by atomic mass is 19.2. The number of unbranched alkanes of at least 4 members (excludes halogenated alkanes) is 1. The Kier molecular flexibility index (Phi) is 5.62. The third-order valence-electron chi connectivity index (χ3n) is 3.51. The molecule has 0 fully saturated rings. The van der Waals surface area contributed by atoms with Gasteiger partial charge in [0.15, 0.2) is 11.6 Å². The molecule has 0 aliphatic heterocycles. The van der Waals surface area contributed by atoms with Crippen molar-refractivity contribution in [2.75, 3.05) is 7.11 Å². The Hall–Kier alpha value is -1.49. The van der Waals surface area contributed by atoms with E-state index in [4.69, 9.17) is 0 Å². The van der Waals surface area contributed by atoms with Gasteiger partial charge in [-0.15, -0.1) is 0 Å². The summed E-state index contributed by atoms with van der Waals surface area (Å²) in [6.07, 6.45) is 1.83. The van der Waals surface area contributed by atoms with E-state index in [0.29, 0.717) is 12.8 Å². The SMILES string of the molecule is CCCCC(C(=O)OC)C(C)(O)c1cccc(F)c1F. The highest BCUT2D eigenvalue weighted by Gasteiger charge is 2.41. The molecule has 1 N–H and O–H groups in total. The standard InChI is InChI=1S/C15H20F2O3/c1-4-5-7-11(14(18)20-3)15(2,19)10-8-6-9-12(16)13(10)17/h6,8-9,11,19H,4-5,7H2,1-3H3. The Morgan fingerprint density at radius 1 is 1.45 bits per heavy atom. The van der Waals surface area contributed by atoms with Crippen molar-refractivity contribution in [1.82, 2.24) is 0 Å². The van der Waals surface area contributed by atoms with Gasteiger partial charge in [-0.3, -0.25) is 4.79 Å². The van der Waals surface area contributed by atoms with Gasteiger partial charge in [-0.25, -0.2) is 8.78 Å². The molecule has 5 heteroatoms. The summed E-state index contributed by atoms with van der Waals surface area (Å²) < 4.78 is 31.8. The van der Waals surface area contributed by atoms with Crippen LogP contribution in [0.15, 0.2) is 18.2 Å². The first-order chi connectivity index (χ1) is 9.36. The van der Waals surface area contributed by atoms with Crippen molar-refractivity contribution in [2.24, 2.45) is 5.92 Å². The summed E-state index contributed by atoms with van der Waals surface area (Å²) in [5.41, 5.74) is -2.06. The lowest BCUT2D eigenvalue weighted by molar-refractivity contribution is -0.156. The molecule has 0 amide bonds. The monoisotopic (exact) mass is 286 g/mol. The van der Waals surface area contributed by atoms with Gasteiger partial charge in [0.1, 0.15) is 5.60 Å². The molecular formula is C15H20F2O3. The van der Waals surface area contributed by atoms with Gasteiger partial charge < -0.3 is 9.84 Å². The molecule has 2 unspecified atom stereocenters. The number of carbonyl (C=O) groups excluding carboxylic acids is 1. The summed E-state index contributed by atoms with van der Waals surface area (Å²) in [6.45, 7) is 3.24. The van der Waals surface area contributed by atoms with Crippen LogP contribution in [0.1, 0.15) is 38.7 Å². The summed E-state index contributed by atoms with van der Waals surface area (Å²) in [5.74, 6) is -3.76. The van der Waals surface area contributed by atoms with Gasteiger partial charge in [0.25, 0.3) is 0 Å². The second kappa shape index (κ2) is 6.79. The second-order valence-electron chi connectivity index (χ2n) is 4.97. The van der Waals surface area contributed by atoms with Crippen LogP contribution in [0.3, 0.4) is 0 Å². The fourth-order valence-electron chi connectivity index (χ4n) is 2.26. The minimum atomic E-state index is -1.82. The molecule has 0 saturated heterocycles. The Bertz CT molecular complexity index is 472. The average molecular weight is 286 g/mol. The molecule has 0 aromatic heterocycles. The lowest BCUT2D eigenvalue weighted by Gasteiger charge is -2.31. The van der Waals surface area contributed by atoms with Crippen LogP contribution in [0.5, 0.6) is 0 Å². The van der Waals surface area contributed by atoms with Crippen molar-refractivity contribution in [1.29, 1.82) is 0 Å². The molecule has 3 nitrogen and oxygen atoms in total. The fourth-order valence-corrected chi connectivity index (χ4v) is 2.26. The Labute approximate surface area is 117 Å². The van der Waals surface area contributed by atoms with Gasteiger partial charge in [0, 0.05) is 5.56 Å². The van der Waals surface area contributed by atoms with Crippen molar-refractivity contribution in [2.45, 2.75) is 38.7 Å². The zero-order valence-electron chi connectivity index (χ0n) is 12.0. The molecule has 0 aliphatic carbocycles. The molecular weight excluding hydrogens is 266 g/mol. The van der Waals surface area contributed by atoms with Crippen molar-refractivity contribution in [3.05, 3.63) is 35.4 Å². The van der Waals surface area contributed by atoms with Gasteiger partial charge in [-0.05, 0) is 19.4 Å². The minimum absolute atomic E-state index is 0.232. The highest BCUT2D eigenvalue weighted by molar-refractivity contribution is 5.74. The maximum absolute atomic E-state index is 13.9. The maximum Gasteiger partial charge on any atom is 0.311 e. The van der Waals surface area contributed by atoms with Crippen LogP contribution >= 0.6 is 0 Å². The van der Waals surface area contributed by atoms with Crippen LogP contribution in [0.25, 0.3) is 0 Å². The topological polar surface area (TPSA) is 46.5 Å². The number of esters is 1. The zero-order valence-corrected chi connectivity index (χ0v) is 12.0. The third kappa shape index (κ3) is 3.33. The van der Waals surface area contributed by atoms with Gasteiger partial charge in [0.2, 0.25) is 0 Å². The predicted octanol–water partition coefficient (Wildman–Crippen LogP) is 3.15. The van der Waals surface area contributed by atoms with E-state index in [1.54, 1.807) is 0 Å². The number of carbonyl (C=O) groups is 1. The summed E-state index contributed by atoms with van der Waals surface area (Å²) in [7, 11) is 1.21. The number of benzene rings is 1. The Balaban J connectivity index is 3.20. The molecule has 20 heavy (non-hydrogen) atoms. The van der Waals surface area contributed by atoms with E-state index >= 15 is 0 Å². The summed E-state index contributed by atoms with van der Waals surface area (Å²) in [5, 5.41) is 10.6. The molecule has 1 rings (SSSR count). The first-order valence-corrected chi connectivity index (χ1v) is 6.60. The molecule has 2 atom stereocenters. The van der Waals surface area contributed by atoms with Crippen molar-refractivity contribution in [3.8, 4) is 0 Å². The van der Waals surface area contributed by atoms with Gasteiger partial charge >= 0.3 is 5.97 Å². The van der Waals surface area contributed by atoms with Gasteiger partial charge in [-0.2, -0.15) is 0 Å². The Morgan fingerprint density at radius 3 is 2.65 bits per heavy atom. The number of halogens is 2. The van der Waals surface area contributed by atoms with Crippen LogP contribution in [0.2, 0.25) is 0 Å². The molecule has 1 aromatic carbocycles. The molecule has 112 valence electrons. The minimum Gasteiger partial charge on any atom is -0.469 e. The van der Waals surface area contributed by atoms with Crippen LogP contribution in [-0.2, 0) is 15.1 Å². The van der Waals surface area contributed by atoms with Crippen LogP contribution in [-0.4, -0.2) is 18.2 Å². The van der Waals surface area contributed by atoms with E-state index < -0.39 is 29.1 Å². The Morgan fingerprint density at radius 2 is 2.10 bits per heavy atom. The van der Waals surface area contributed by atoms with Gasteiger partial charge in [-0.1, -0.05) is 31.9 Å². The quantitative estimate of drug-likeness (QED) is 0.817. The summed E-state index contributed by atoms with van der Waals surface area (Å²) in [6, 6.07) is 3.55. The zero-order chi connectivity index (χ0) is 15.3. The van der Waals surface area contributed by atoms with Crippen LogP contribution < -0.4 is 0 Å². The maximum atomic E-state index is 13.9. The van der Waals surface area contributed by atoms with E-state index in [2.05, 4.69) is 4.74 Å². The largest absolute Gasteiger partial charge is 0.469 e. The molecule has 1 aromatic rings. The van der Waals surface area contributed by atoms with E-state index in [-0.39, 0.29) is 5.56 Å². The first-order valence-electron chi connectivity index (χ1n) is 6.60. The molecule has 0 spiro atoms. The van der Waals surface area contributed by atoms with Crippen LogP contribution in [0, 0.1) is 17.6 Å². The number of rotatable bonds is 6. The molecule has 0 heterocycles. The summed E-state index contributed by atoms with van der Waals surface area (Å²) in [4.78, 5) is 11.8. The van der Waals surface area contributed by atoms with E-state index in [1.165, 1.54) is 26.2 Å². The van der Waals surface area contributed by atoms with Crippen molar-refractivity contribution < 1.29 is 23.4 Å². The van der Waals surface area contributed by atoms with Crippen LogP contribution in [0.4, 0.5) is 8.78 Å². The highest BCUT2D eigenvalue weighted by Crippen LogP contribution is 2.35. The lowest BCUT2D eigenvalue weighted by Crippen LogP contribution is -2.39. The smallest absolute Gasteiger partial charge is 0.311 e. The van der Waals surface area contributed by atoms with Gasteiger partial charge in [0.05, 0.1) is 13.0 Å². The average Bonchev–Trinajstić information content (AvgIpc) is 2.41. The molecule has 0 radical (unpaired) electrons. The second-order valence-corrected chi connectivity index (χ2v) is 4.97. The number of aliphatic hydroxyl groups is 1. The fraction of sp³-hybridized carbons (Fsp3) is 0.533. The molecule has 0 bridgehead atoms. The number of hydrogen-bond donors (Lipinski definition) is 1. The number of ether oxygens (including phenoxy) is 1. The summed E-state index contributed by atoms with van der Waals surface area (Å²) >= 11 is 0. The normalized spacial score (nSPS) is 15.5. The third-order valence-corrected chi connectivity index (χ3v) is 3.51. The number of hydrogen-bond acceptors (Lipinski definition) is 3. The van der Waals surface area contributed by atoms with E-state index in [9.17, 15) is 18.7 Å². The predicted molar refractivity (Wildman–Crippen MR) is 71.0 cm³/mol. The van der Waals surface area contributed by atoms with Crippen molar-refractivity contribution in [3.63, 3.8) is 0 Å². The first kappa shape index (κ1) is 16.6. The van der Waals surface area contributed by atoms with E-state index in [1.807, 2.05) is 6.92 Å². The molecule has 0 aliphatic rings.